The highest BCUT2D eigenvalue weighted by molar-refractivity contribution is 6.04. The van der Waals surface area contributed by atoms with Crippen LogP contribution in [0.25, 0.3) is 27.4 Å². The normalized spacial score (nSPS) is 13.9. The van der Waals surface area contributed by atoms with Crippen molar-refractivity contribution in [3.63, 3.8) is 0 Å². The van der Waals surface area contributed by atoms with Gasteiger partial charge in [0.2, 0.25) is 5.43 Å². The lowest BCUT2D eigenvalue weighted by Crippen LogP contribution is -2.33. The molecular formula is C31H25FN4O3. The molecule has 1 saturated heterocycles. The fourth-order valence-electron chi connectivity index (χ4n) is 5.65. The monoisotopic (exact) mass is 520 g/mol. The van der Waals surface area contributed by atoms with Crippen LogP contribution in [-0.4, -0.2) is 40.0 Å². The summed E-state index contributed by atoms with van der Waals surface area (Å²) in [6.07, 6.45) is 5.72. The van der Waals surface area contributed by atoms with E-state index in [2.05, 4.69) is 10.3 Å². The van der Waals surface area contributed by atoms with Gasteiger partial charge in [-0.05, 0) is 42.5 Å². The van der Waals surface area contributed by atoms with Gasteiger partial charge in [-0.2, -0.15) is 0 Å². The summed E-state index contributed by atoms with van der Waals surface area (Å²) < 4.78 is 23.9. The Balaban J connectivity index is 1.44. The van der Waals surface area contributed by atoms with Crippen molar-refractivity contribution >= 4 is 33.3 Å². The molecule has 0 radical (unpaired) electrons. The summed E-state index contributed by atoms with van der Waals surface area (Å²) in [5, 5.41) is 5.17. The molecular weight excluding hydrogens is 495 g/mol. The average Bonchev–Trinajstić information content (AvgIpc) is 3.51. The minimum atomic E-state index is -0.614. The predicted molar refractivity (Wildman–Crippen MR) is 149 cm³/mol. The zero-order valence-corrected chi connectivity index (χ0v) is 21.1. The third kappa shape index (κ3) is 3.82. The molecule has 7 rings (SSSR count). The molecule has 2 aromatic heterocycles. The van der Waals surface area contributed by atoms with E-state index in [4.69, 9.17) is 4.74 Å². The third-order valence-electron chi connectivity index (χ3n) is 7.54. The molecule has 0 atom stereocenters. The summed E-state index contributed by atoms with van der Waals surface area (Å²) in [7, 11) is 0. The molecule has 7 nitrogen and oxygen atoms in total. The van der Waals surface area contributed by atoms with Gasteiger partial charge in [0.25, 0.3) is 5.91 Å². The highest BCUT2D eigenvalue weighted by atomic mass is 19.1. The Morgan fingerprint density at radius 2 is 1.85 bits per heavy atom. The van der Waals surface area contributed by atoms with Gasteiger partial charge in [-0.3, -0.25) is 14.6 Å². The van der Waals surface area contributed by atoms with Gasteiger partial charge in [0.05, 0.1) is 11.1 Å². The molecule has 3 aromatic carbocycles. The average molecular weight is 521 g/mol. The second-order valence-corrected chi connectivity index (χ2v) is 9.93. The molecule has 1 N–H and O–H groups in total. The quantitative estimate of drug-likeness (QED) is 0.317. The van der Waals surface area contributed by atoms with Crippen LogP contribution in [-0.2, 0) is 6.42 Å². The highest BCUT2D eigenvalue weighted by Crippen LogP contribution is 2.47. The molecule has 2 aliphatic heterocycles. The molecule has 2 aliphatic rings. The molecule has 1 amide bonds. The fraction of sp³-hybridized carbons (Fsp3) is 0.194. The zero-order valence-electron chi connectivity index (χ0n) is 21.1. The van der Waals surface area contributed by atoms with Gasteiger partial charge in [-0.15, -0.1) is 0 Å². The molecule has 0 saturated carbocycles. The van der Waals surface area contributed by atoms with Crippen LogP contribution >= 0.6 is 0 Å². The van der Waals surface area contributed by atoms with Crippen LogP contribution in [0, 0.1) is 5.82 Å². The highest BCUT2D eigenvalue weighted by Gasteiger charge is 2.31. The number of carbonyl (C=O) groups excluding carboxylic acids is 1. The van der Waals surface area contributed by atoms with Gasteiger partial charge in [0.1, 0.15) is 16.8 Å². The number of nitrogens with one attached hydrogen (secondary N) is 1. The number of halogens is 1. The first-order valence-electron chi connectivity index (χ1n) is 13.1. The Morgan fingerprint density at radius 3 is 2.67 bits per heavy atom. The second-order valence-electron chi connectivity index (χ2n) is 9.93. The van der Waals surface area contributed by atoms with Gasteiger partial charge >= 0.3 is 0 Å². The van der Waals surface area contributed by atoms with Crippen LogP contribution in [0.4, 0.5) is 10.1 Å². The topological polar surface area (TPSA) is 76.5 Å². The van der Waals surface area contributed by atoms with Crippen molar-refractivity contribution < 1.29 is 13.9 Å². The third-order valence-corrected chi connectivity index (χ3v) is 7.54. The van der Waals surface area contributed by atoms with E-state index in [1.165, 1.54) is 6.07 Å². The molecule has 8 heteroatoms. The van der Waals surface area contributed by atoms with Crippen LogP contribution in [0.15, 0.2) is 77.9 Å². The Hall–Kier alpha value is -4.72. The second kappa shape index (κ2) is 9.23. The smallest absolute Gasteiger partial charge is 0.259 e. The lowest BCUT2D eigenvalue weighted by molar-refractivity contribution is 0.0791. The van der Waals surface area contributed by atoms with E-state index in [1.807, 2.05) is 59.2 Å². The number of amides is 1. The number of hydrogen-bond donors (Lipinski definition) is 1. The summed E-state index contributed by atoms with van der Waals surface area (Å²) in [6, 6.07) is 18.5. The maximum atomic E-state index is 15.7. The molecule has 0 aliphatic carbocycles. The van der Waals surface area contributed by atoms with E-state index in [-0.39, 0.29) is 28.3 Å². The number of anilines is 1. The number of benzene rings is 3. The number of carbonyl (C=O) groups is 1. The largest absolute Gasteiger partial charge is 0.451 e. The number of rotatable bonds is 5. The lowest BCUT2D eigenvalue weighted by atomic mass is 10.0. The van der Waals surface area contributed by atoms with E-state index in [9.17, 15) is 9.59 Å². The van der Waals surface area contributed by atoms with Crippen LogP contribution in [0.3, 0.4) is 0 Å². The first-order valence-corrected chi connectivity index (χ1v) is 13.1. The molecule has 4 heterocycles. The van der Waals surface area contributed by atoms with Crippen molar-refractivity contribution in [2.75, 3.05) is 25.0 Å². The van der Waals surface area contributed by atoms with Crippen molar-refractivity contribution in [2.45, 2.75) is 19.3 Å². The van der Waals surface area contributed by atoms with Gasteiger partial charge in [-0.25, -0.2) is 4.39 Å². The lowest BCUT2D eigenvalue weighted by Gasteiger charge is -2.27. The number of likely N-dealkylation sites (tertiary alicyclic amines) is 1. The number of fused-ring (bicyclic) bond motifs is 4. The Morgan fingerprint density at radius 1 is 1.03 bits per heavy atom. The van der Waals surface area contributed by atoms with Crippen molar-refractivity contribution in [3.8, 4) is 17.2 Å². The van der Waals surface area contributed by atoms with Gasteiger partial charge in [0.15, 0.2) is 17.3 Å². The van der Waals surface area contributed by atoms with Crippen LogP contribution < -0.4 is 15.5 Å². The molecule has 0 unspecified atom stereocenters. The number of aromatic nitrogens is 2. The fourth-order valence-corrected chi connectivity index (χ4v) is 5.65. The van der Waals surface area contributed by atoms with Crippen LogP contribution in [0.5, 0.6) is 11.5 Å². The van der Waals surface area contributed by atoms with Crippen molar-refractivity contribution in [2.24, 2.45) is 0 Å². The molecule has 5 aromatic rings. The number of ether oxygens (including phenoxy) is 1. The van der Waals surface area contributed by atoms with Gasteiger partial charge < -0.3 is 19.5 Å². The molecule has 0 bridgehead atoms. The molecule has 194 valence electrons. The SMILES string of the molecule is O=C(c1cn2c3c(c(NCCc4ccccn4)c(F)cc3c1=O)Oc1ccc3ccccc3c1-2)N1CCCC1. The van der Waals surface area contributed by atoms with E-state index in [0.29, 0.717) is 43.0 Å². The zero-order chi connectivity index (χ0) is 26.5. The van der Waals surface area contributed by atoms with Crippen molar-refractivity contribution in [1.82, 2.24) is 14.5 Å². The summed E-state index contributed by atoms with van der Waals surface area (Å²) >= 11 is 0. The van der Waals surface area contributed by atoms with E-state index < -0.39 is 11.2 Å². The minimum Gasteiger partial charge on any atom is -0.451 e. The van der Waals surface area contributed by atoms with E-state index in [0.717, 1.165) is 29.3 Å². The first-order chi connectivity index (χ1) is 19.1. The Labute approximate surface area is 223 Å². The molecule has 39 heavy (non-hydrogen) atoms. The van der Waals surface area contributed by atoms with Crippen molar-refractivity contribution in [3.05, 3.63) is 100 Å². The Kier molecular flexibility index (Phi) is 5.54. The van der Waals surface area contributed by atoms with E-state index >= 15 is 4.39 Å². The predicted octanol–water partition coefficient (Wildman–Crippen LogP) is 5.67. The number of hydrogen-bond acceptors (Lipinski definition) is 5. The molecule has 1 fully saturated rings. The maximum Gasteiger partial charge on any atom is 0.259 e. The first kappa shape index (κ1) is 23.4. The van der Waals surface area contributed by atoms with Crippen LogP contribution in [0.1, 0.15) is 28.9 Å². The van der Waals surface area contributed by atoms with E-state index in [1.54, 1.807) is 17.3 Å². The van der Waals surface area contributed by atoms with Gasteiger partial charge in [0, 0.05) is 49.5 Å². The maximum absolute atomic E-state index is 15.7. The summed E-state index contributed by atoms with van der Waals surface area (Å²) in [6.45, 7) is 1.63. The Bertz CT molecular complexity index is 1830. The standard InChI is InChI=1S/C31H25FN4O3/c32-24-17-22-28-30(26(24)34-14-12-20-8-3-4-13-33-20)39-25-11-10-19-7-1-2-9-21(19)27(25)36(28)18-23(29(22)37)31(38)35-15-5-6-16-35/h1-4,7-11,13,17-18,34H,5-6,12,14-16H2. The van der Waals surface area contributed by atoms with Crippen molar-refractivity contribution in [1.29, 1.82) is 0 Å². The number of pyridine rings is 2. The molecule has 0 spiro atoms. The van der Waals surface area contributed by atoms with Gasteiger partial charge in [-0.1, -0.05) is 36.4 Å². The summed E-state index contributed by atoms with van der Waals surface area (Å²) in [5.74, 6) is -0.191. The minimum absolute atomic E-state index is 0.0337. The number of nitrogens with zero attached hydrogens (tertiary/aromatic N) is 3. The summed E-state index contributed by atoms with van der Waals surface area (Å²) in [4.78, 5) is 33.2. The van der Waals surface area contributed by atoms with Crippen LogP contribution in [0.2, 0.25) is 0 Å². The summed E-state index contributed by atoms with van der Waals surface area (Å²) in [5.41, 5.74) is 1.73.